The number of piperazine rings is 1. The van der Waals surface area contributed by atoms with Gasteiger partial charge in [0.25, 0.3) is 11.8 Å². The Balaban J connectivity index is 0.000000432. The monoisotopic (exact) mass is 814 g/mol. The van der Waals surface area contributed by atoms with Crippen molar-refractivity contribution in [2.24, 2.45) is 10.9 Å². The predicted molar refractivity (Wildman–Crippen MR) is 223 cm³/mol. The van der Waals surface area contributed by atoms with Crippen LogP contribution in [0.15, 0.2) is 74.9 Å². The predicted octanol–water partition coefficient (Wildman–Crippen LogP) is 3.85. The third-order valence-corrected chi connectivity index (χ3v) is 11.5. The van der Waals surface area contributed by atoms with E-state index in [0.717, 1.165) is 80.0 Å². The molecule has 4 aliphatic heterocycles. The van der Waals surface area contributed by atoms with Crippen molar-refractivity contribution < 1.29 is 24.0 Å². The third-order valence-electron chi connectivity index (χ3n) is 10.3. The zero-order chi connectivity index (χ0) is 40.6. The van der Waals surface area contributed by atoms with Crippen LogP contribution in [-0.4, -0.2) is 121 Å². The number of amides is 4. The number of nitrogens with zero attached hydrogens (tertiary/aromatic N) is 7. The van der Waals surface area contributed by atoms with Crippen molar-refractivity contribution in [1.82, 2.24) is 30.4 Å². The Morgan fingerprint density at radius 3 is 2.56 bits per heavy atom. The molecule has 1 unspecified atom stereocenters. The Morgan fingerprint density at radius 2 is 1.86 bits per heavy atom. The van der Waals surface area contributed by atoms with Crippen LogP contribution in [0.2, 0.25) is 0 Å². The molecular weight excluding hydrogens is 768 g/mol. The second-order valence-electron chi connectivity index (χ2n) is 14.2. The zero-order valence-corrected chi connectivity index (χ0v) is 33.9. The lowest BCUT2D eigenvalue weighted by molar-refractivity contribution is -0.136. The van der Waals surface area contributed by atoms with Gasteiger partial charge in [-0.15, -0.1) is 0 Å². The molecule has 17 heteroatoms. The van der Waals surface area contributed by atoms with E-state index in [0.29, 0.717) is 45.2 Å². The number of rotatable bonds is 12. The number of aliphatic imine (C=N–C) groups is 1. The van der Waals surface area contributed by atoms with Gasteiger partial charge in [-0.2, -0.15) is 0 Å². The molecular formula is C40H47ClN10O5S. The number of carbonyl (C=O) groups is 5. The standard InChI is InChI=1S/C31H35N9O5S.C9H12ClN/c1-19-34-25(33-18-46-21(17-41)13-32-2)12-26(35-19)38-10-8-37(9-11-38)14-20-15-39(16-20)23-5-3-4-22-28(23)31(45)40(30(22)44)24-6-7-27(42)36-29(24)43;1-7-5-3-4-6-8(10)9(7)11-2/h3-5,12-13,17,20,24H,2,6-11,14-16,18H2,1H3,(H,33,34,35)(H,36,42,43);3-4,6,11H,5H2,1-2H3/b21-13-;. The fraction of sp³-hybridized carbons (Fsp3) is 0.400. The van der Waals surface area contributed by atoms with E-state index in [1.807, 2.05) is 38.3 Å². The number of hydrogen-bond donors (Lipinski definition) is 3. The van der Waals surface area contributed by atoms with Crippen molar-refractivity contribution in [2.45, 2.75) is 39.2 Å². The summed E-state index contributed by atoms with van der Waals surface area (Å²) in [4.78, 5) is 82.9. The summed E-state index contributed by atoms with van der Waals surface area (Å²) in [7, 11) is 1.89. The van der Waals surface area contributed by atoms with Crippen LogP contribution in [0.5, 0.6) is 0 Å². The molecule has 3 fully saturated rings. The lowest BCUT2D eigenvalue weighted by Crippen LogP contribution is -2.55. The van der Waals surface area contributed by atoms with E-state index in [1.54, 1.807) is 12.1 Å². The van der Waals surface area contributed by atoms with Crippen LogP contribution in [0.3, 0.4) is 0 Å². The lowest BCUT2D eigenvalue weighted by Gasteiger charge is -2.45. The van der Waals surface area contributed by atoms with E-state index in [2.05, 4.69) is 65.3 Å². The summed E-state index contributed by atoms with van der Waals surface area (Å²) in [5.74, 6) is 1.11. The first-order valence-corrected chi connectivity index (χ1v) is 20.2. The number of anilines is 3. The fourth-order valence-corrected chi connectivity index (χ4v) is 8.41. The van der Waals surface area contributed by atoms with Crippen molar-refractivity contribution in [1.29, 1.82) is 0 Å². The summed E-state index contributed by atoms with van der Waals surface area (Å²) in [6.07, 6.45) is 9.35. The summed E-state index contributed by atoms with van der Waals surface area (Å²) in [6, 6.07) is 6.20. The second kappa shape index (κ2) is 18.7. The fourth-order valence-electron chi connectivity index (χ4n) is 7.48. The molecule has 2 aromatic rings. The Bertz CT molecular complexity index is 2050. The Labute approximate surface area is 341 Å². The number of piperidine rings is 1. The van der Waals surface area contributed by atoms with Crippen LogP contribution in [0.4, 0.5) is 17.3 Å². The molecule has 300 valence electrons. The summed E-state index contributed by atoms with van der Waals surface area (Å²) < 4.78 is 0. The smallest absolute Gasteiger partial charge is 0.264 e. The first-order chi connectivity index (χ1) is 27.5. The van der Waals surface area contributed by atoms with E-state index in [1.165, 1.54) is 23.5 Å². The van der Waals surface area contributed by atoms with E-state index < -0.39 is 29.7 Å². The quantitative estimate of drug-likeness (QED) is 0.0929. The van der Waals surface area contributed by atoms with Gasteiger partial charge >= 0.3 is 0 Å². The number of aldehydes is 1. The minimum absolute atomic E-state index is 0.0893. The summed E-state index contributed by atoms with van der Waals surface area (Å²) in [6.45, 7) is 13.2. The topological polar surface area (TPSA) is 173 Å². The number of allylic oxidation sites excluding steroid dienone is 6. The molecule has 7 rings (SSSR count). The molecule has 5 heterocycles. The largest absolute Gasteiger partial charge is 0.387 e. The SMILES string of the molecule is C=N/C=C(/C=O)SCNc1cc(N2CCN(CC3CN(c4cccc5c4C(=O)N(C4CCC(=O)NC4=O)C5=O)C3)CC2)nc(C)n1.CNC1=C(C)CC=CC=C1Cl. The number of aromatic nitrogens is 2. The minimum Gasteiger partial charge on any atom is -0.387 e. The van der Waals surface area contributed by atoms with Gasteiger partial charge in [-0.3, -0.25) is 44.1 Å². The summed E-state index contributed by atoms with van der Waals surface area (Å²) >= 11 is 7.29. The molecule has 57 heavy (non-hydrogen) atoms. The number of carbonyl (C=O) groups excluding carboxylic acids is 5. The van der Waals surface area contributed by atoms with E-state index >= 15 is 0 Å². The highest BCUT2D eigenvalue weighted by Crippen LogP contribution is 2.37. The number of hydrogen-bond acceptors (Lipinski definition) is 14. The molecule has 3 N–H and O–H groups in total. The lowest BCUT2D eigenvalue weighted by atomic mass is 9.95. The average molecular weight is 815 g/mol. The number of halogens is 1. The molecule has 1 aromatic carbocycles. The highest BCUT2D eigenvalue weighted by atomic mass is 35.5. The molecule has 0 saturated carbocycles. The van der Waals surface area contributed by atoms with Crippen LogP contribution >= 0.6 is 23.4 Å². The maximum Gasteiger partial charge on any atom is 0.264 e. The Kier molecular flexibility index (Phi) is 13.6. The molecule has 1 aliphatic carbocycles. The number of thioether (sulfide) groups is 1. The molecule has 3 saturated heterocycles. The zero-order valence-electron chi connectivity index (χ0n) is 32.3. The molecule has 1 atom stereocenters. The van der Waals surface area contributed by atoms with Crippen LogP contribution in [0, 0.1) is 12.8 Å². The van der Waals surface area contributed by atoms with E-state index in [-0.39, 0.29) is 12.8 Å². The molecule has 0 radical (unpaired) electrons. The van der Waals surface area contributed by atoms with Gasteiger partial charge in [-0.1, -0.05) is 41.6 Å². The van der Waals surface area contributed by atoms with Crippen molar-refractivity contribution >= 4 is 77.3 Å². The van der Waals surface area contributed by atoms with Gasteiger partial charge in [0.05, 0.1) is 38.3 Å². The number of aryl methyl sites for hydroxylation is 1. The molecule has 5 aliphatic rings. The van der Waals surface area contributed by atoms with Crippen molar-refractivity contribution in [3.05, 3.63) is 86.9 Å². The van der Waals surface area contributed by atoms with E-state index in [4.69, 9.17) is 11.6 Å². The minimum atomic E-state index is -0.979. The first kappa shape index (κ1) is 41.3. The van der Waals surface area contributed by atoms with Crippen LogP contribution in [0.25, 0.3) is 0 Å². The molecule has 15 nitrogen and oxygen atoms in total. The molecule has 0 spiro atoms. The Hall–Kier alpha value is -5.32. The highest BCUT2D eigenvalue weighted by Gasteiger charge is 2.47. The number of nitrogens with one attached hydrogen (secondary N) is 3. The normalized spacial score (nSPS) is 20.3. The van der Waals surface area contributed by atoms with Gasteiger partial charge in [-0.05, 0) is 57.2 Å². The van der Waals surface area contributed by atoms with Crippen molar-refractivity contribution in [2.75, 3.05) is 73.9 Å². The highest BCUT2D eigenvalue weighted by molar-refractivity contribution is 8.03. The van der Waals surface area contributed by atoms with Gasteiger partial charge in [-0.25, -0.2) is 9.97 Å². The Morgan fingerprint density at radius 1 is 1.09 bits per heavy atom. The summed E-state index contributed by atoms with van der Waals surface area (Å²) in [5.41, 5.74) is 3.69. The van der Waals surface area contributed by atoms with Crippen LogP contribution in [-0.2, 0) is 14.4 Å². The maximum atomic E-state index is 13.5. The van der Waals surface area contributed by atoms with Crippen molar-refractivity contribution in [3.8, 4) is 0 Å². The number of fused-ring (bicyclic) bond motifs is 1. The van der Waals surface area contributed by atoms with Crippen LogP contribution in [0.1, 0.15) is 52.7 Å². The van der Waals surface area contributed by atoms with Gasteiger partial charge < -0.3 is 20.4 Å². The number of imide groups is 2. The maximum absolute atomic E-state index is 13.5. The first-order valence-electron chi connectivity index (χ1n) is 18.8. The van der Waals surface area contributed by atoms with Gasteiger partial charge in [0.15, 0.2) is 6.29 Å². The van der Waals surface area contributed by atoms with Gasteiger partial charge in [0.1, 0.15) is 23.5 Å². The van der Waals surface area contributed by atoms with E-state index in [9.17, 15) is 24.0 Å². The van der Waals surface area contributed by atoms with Gasteiger partial charge in [0.2, 0.25) is 11.8 Å². The van der Waals surface area contributed by atoms with Crippen LogP contribution < -0.4 is 25.8 Å². The average Bonchev–Trinajstić information content (AvgIpc) is 3.31. The molecule has 1 aromatic heterocycles. The third kappa shape index (κ3) is 9.63. The number of benzene rings is 1. The van der Waals surface area contributed by atoms with Gasteiger partial charge in [0, 0.05) is 77.5 Å². The number of likely N-dealkylation sites (N-methyl/N-ethyl adjacent to an activating group) is 1. The molecule has 0 bridgehead atoms. The van der Waals surface area contributed by atoms with Crippen molar-refractivity contribution in [3.63, 3.8) is 0 Å². The summed E-state index contributed by atoms with van der Waals surface area (Å²) in [5, 5.41) is 9.35. The molecule has 4 amide bonds. The second-order valence-corrected chi connectivity index (χ2v) is 15.7.